The summed E-state index contributed by atoms with van der Waals surface area (Å²) < 4.78 is 33.9. The van der Waals surface area contributed by atoms with Gasteiger partial charge in [0.2, 0.25) is 10.0 Å². The molecule has 0 bridgehead atoms. The average molecular weight is 458 g/mol. The quantitative estimate of drug-likeness (QED) is 0.479. The third-order valence-electron chi connectivity index (χ3n) is 5.04. The number of fused-ring (bicyclic) bond motifs is 1. The van der Waals surface area contributed by atoms with Crippen LogP contribution in [0.2, 0.25) is 0 Å². The van der Waals surface area contributed by atoms with E-state index in [0.29, 0.717) is 32.0 Å². The number of morpholine rings is 1. The second-order valence-electron chi connectivity index (χ2n) is 7.02. The normalized spacial score (nSPS) is 15.4. The summed E-state index contributed by atoms with van der Waals surface area (Å²) in [5, 5.41) is 4.76. The zero-order valence-electron chi connectivity index (χ0n) is 16.3. The lowest BCUT2D eigenvalue weighted by Gasteiger charge is -2.25. The van der Waals surface area contributed by atoms with Crippen LogP contribution >= 0.6 is 11.3 Å². The molecule has 11 heteroatoms. The van der Waals surface area contributed by atoms with E-state index in [1.807, 2.05) is 34.3 Å². The van der Waals surface area contributed by atoms with E-state index >= 15 is 0 Å². The average Bonchev–Trinajstić information content (AvgIpc) is 3.51. The molecule has 1 amide bonds. The van der Waals surface area contributed by atoms with Crippen molar-refractivity contribution in [2.75, 3.05) is 31.6 Å². The molecule has 4 heterocycles. The third kappa shape index (κ3) is 3.88. The summed E-state index contributed by atoms with van der Waals surface area (Å²) in [6, 6.07) is 8.69. The first kappa shape index (κ1) is 19.9. The fourth-order valence-electron chi connectivity index (χ4n) is 3.38. The fraction of sp³-hybridized carbons (Fsp3) is 0.200. The predicted octanol–water partition coefficient (Wildman–Crippen LogP) is 2.66. The lowest BCUT2D eigenvalue weighted by Crippen LogP contribution is -2.40. The van der Waals surface area contributed by atoms with Crippen LogP contribution in [0, 0.1) is 0 Å². The Bertz CT molecular complexity index is 1300. The number of anilines is 1. The van der Waals surface area contributed by atoms with E-state index in [0.717, 1.165) is 16.2 Å². The molecule has 0 spiro atoms. The Kier molecular flexibility index (Phi) is 5.10. The minimum absolute atomic E-state index is 0.0645. The summed E-state index contributed by atoms with van der Waals surface area (Å²) >= 11 is 1.56. The molecule has 1 aliphatic heterocycles. The highest BCUT2D eigenvalue weighted by atomic mass is 32.2. The number of aromatic amines is 1. The topological polar surface area (TPSA) is 109 Å². The molecule has 160 valence electrons. The summed E-state index contributed by atoms with van der Waals surface area (Å²) in [5.41, 5.74) is 2.56. The van der Waals surface area contributed by atoms with Gasteiger partial charge in [0.1, 0.15) is 10.6 Å². The highest BCUT2D eigenvalue weighted by Gasteiger charge is 2.28. The molecule has 1 saturated heterocycles. The Hall–Kier alpha value is -2.99. The monoisotopic (exact) mass is 457 g/mol. The molecule has 5 rings (SSSR count). The Labute approximate surface area is 182 Å². The van der Waals surface area contributed by atoms with Gasteiger partial charge in [0.15, 0.2) is 4.96 Å². The van der Waals surface area contributed by atoms with Crippen LogP contribution in [-0.2, 0) is 14.8 Å². The van der Waals surface area contributed by atoms with Gasteiger partial charge in [-0.05, 0) is 18.2 Å². The molecule has 1 aliphatic rings. The molecule has 0 atom stereocenters. The number of H-pyrrole nitrogens is 1. The van der Waals surface area contributed by atoms with Crippen LogP contribution in [-0.4, -0.2) is 59.3 Å². The van der Waals surface area contributed by atoms with Crippen LogP contribution < -0.4 is 5.32 Å². The number of amides is 1. The maximum Gasteiger partial charge on any atom is 0.272 e. The number of nitrogens with zero attached hydrogens (tertiary/aromatic N) is 3. The van der Waals surface area contributed by atoms with Gasteiger partial charge >= 0.3 is 0 Å². The van der Waals surface area contributed by atoms with E-state index in [4.69, 9.17) is 4.74 Å². The van der Waals surface area contributed by atoms with E-state index < -0.39 is 15.9 Å². The van der Waals surface area contributed by atoms with Gasteiger partial charge in [0, 0.05) is 48.3 Å². The Balaban J connectivity index is 1.28. The van der Waals surface area contributed by atoms with Crippen molar-refractivity contribution in [2.45, 2.75) is 4.90 Å². The number of rotatable bonds is 5. The van der Waals surface area contributed by atoms with Crippen LogP contribution in [0.5, 0.6) is 0 Å². The SMILES string of the molecule is O=C(Nc1ccc(-c2cn3ccsc3n2)cc1)c1cc(S(=O)(=O)N2CCOCC2)c[nH]1. The summed E-state index contributed by atoms with van der Waals surface area (Å²) in [4.78, 5) is 20.9. The van der Waals surface area contributed by atoms with Crippen LogP contribution in [0.1, 0.15) is 10.5 Å². The van der Waals surface area contributed by atoms with Gasteiger partial charge in [-0.25, -0.2) is 13.4 Å². The van der Waals surface area contributed by atoms with E-state index in [-0.39, 0.29) is 10.6 Å². The first-order chi connectivity index (χ1) is 15.0. The van der Waals surface area contributed by atoms with Crippen molar-refractivity contribution in [3.05, 3.63) is 60.0 Å². The summed E-state index contributed by atoms with van der Waals surface area (Å²) in [6.45, 7) is 1.33. The van der Waals surface area contributed by atoms with Crippen molar-refractivity contribution < 1.29 is 17.9 Å². The number of benzene rings is 1. The minimum atomic E-state index is -3.66. The van der Waals surface area contributed by atoms with Crippen molar-refractivity contribution in [1.82, 2.24) is 18.7 Å². The Morgan fingerprint density at radius 2 is 1.97 bits per heavy atom. The number of nitrogens with one attached hydrogen (secondary N) is 2. The highest BCUT2D eigenvalue weighted by molar-refractivity contribution is 7.89. The largest absolute Gasteiger partial charge is 0.379 e. The molecule has 0 saturated carbocycles. The Morgan fingerprint density at radius 3 is 2.71 bits per heavy atom. The number of sulfonamides is 1. The van der Waals surface area contributed by atoms with Crippen molar-refractivity contribution in [1.29, 1.82) is 0 Å². The van der Waals surface area contributed by atoms with Gasteiger partial charge in [-0.1, -0.05) is 12.1 Å². The van der Waals surface area contributed by atoms with Crippen molar-refractivity contribution in [2.24, 2.45) is 0 Å². The maximum atomic E-state index is 12.7. The van der Waals surface area contributed by atoms with Gasteiger partial charge in [-0.3, -0.25) is 9.20 Å². The molecular formula is C20H19N5O4S2. The van der Waals surface area contributed by atoms with Crippen molar-refractivity contribution in [3.8, 4) is 11.3 Å². The number of aromatic nitrogens is 3. The van der Waals surface area contributed by atoms with Gasteiger partial charge < -0.3 is 15.0 Å². The molecule has 2 N–H and O–H groups in total. The first-order valence-electron chi connectivity index (χ1n) is 9.61. The van der Waals surface area contributed by atoms with Crippen LogP contribution in [0.3, 0.4) is 0 Å². The molecule has 3 aromatic heterocycles. The van der Waals surface area contributed by atoms with Crippen molar-refractivity contribution >= 4 is 37.9 Å². The van der Waals surface area contributed by atoms with Crippen LogP contribution in [0.15, 0.2) is 59.2 Å². The molecular weight excluding hydrogens is 438 g/mol. The highest BCUT2D eigenvalue weighted by Crippen LogP contribution is 2.24. The number of ether oxygens (including phenoxy) is 1. The van der Waals surface area contributed by atoms with Crippen LogP contribution in [0.25, 0.3) is 16.2 Å². The van der Waals surface area contributed by atoms with E-state index in [1.54, 1.807) is 23.5 Å². The van der Waals surface area contributed by atoms with Gasteiger partial charge in [-0.2, -0.15) is 4.31 Å². The number of carbonyl (C=O) groups is 1. The molecule has 9 nitrogen and oxygen atoms in total. The predicted molar refractivity (Wildman–Crippen MR) is 117 cm³/mol. The van der Waals surface area contributed by atoms with Crippen LogP contribution in [0.4, 0.5) is 5.69 Å². The summed E-state index contributed by atoms with van der Waals surface area (Å²) in [7, 11) is -3.66. The second-order valence-corrected chi connectivity index (χ2v) is 9.83. The first-order valence-corrected chi connectivity index (χ1v) is 11.9. The molecule has 4 aromatic rings. The second kappa shape index (κ2) is 7.93. The number of thiazole rings is 1. The molecule has 0 radical (unpaired) electrons. The molecule has 0 unspecified atom stereocenters. The summed E-state index contributed by atoms with van der Waals surface area (Å²) in [6.07, 6.45) is 5.25. The van der Waals surface area contributed by atoms with Gasteiger partial charge in [0.25, 0.3) is 5.91 Å². The smallest absolute Gasteiger partial charge is 0.272 e. The molecule has 0 aliphatic carbocycles. The van der Waals surface area contributed by atoms with E-state index in [9.17, 15) is 13.2 Å². The lowest BCUT2D eigenvalue weighted by molar-refractivity contribution is 0.0730. The number of imidazole rings is 1. The standard InChI is InChI=1S/C20H19N5O4S2/c26-19(17-11-16(12-21-17)31(27,28)25-5-8-29-9-6-25)22-15-3-1-14(2-4-15)18-13-24-7-10-30-20(24)23-18/h1-4,7,10-13,21H,5-6,8-9H2,(H,22,26). The van der Waals surface area contributed by atoms with Gasteiger partial charge in [-0.15, -0.1) is 11.3 Å². The zero-order chi connectivity index (χ0) is 21.4. The lowest BCUT2D eigenvalue weighted by atomic mass is 10.1. The Morgan fingerprint density at radius 1 is 1.19 bits per heavy atom. The number of hydrogen-bond acceptors (Lipinski definition) is 6. The maximum absolute atomic E-state index is 12.7. The molecule has 31 heavy (non-hydrogen) atoms. The van der Waals surface area contributed by atoms with E-state index in [1.165, 1.54) is 16.6 Å². The minimum Gasteiger partial charge on any atom is -0.379 e. The third-order valence-corrected chi connectivity index (χ3v) is 7.69. The number of carbonyl (C=O) groups excluding carboxylic acids is 1. The number of hydrogen-bond donors (Lipinski definition) is 2. The fourth-order valence-corrected chi connectivity index (χ4v) is 5.48. The molecule has 1 fully saturated rings. The van der Waals surface area contributed by atoms with E-state index in [2.05, 4.69) is 15.3 Å². The zero-order valence-corrected chi connectivity index (χ0v) is 17.9. The van der Waals surface area contributed by atoms with Crippen molar-refractivity contribution in [3.63, 3.8) is 0 Å². The summed E-state index contributed by atoms with van der Waals surface area (Å²) in [5.74, 6) is -0.418. The van der Waals surface area contributed by atoms with Gasteiger partial charge in [0.05, 0.1) is 18.9 Å². The molecule has 1 aromatic carbocycles.